The van der Waals surface area contributed by atoms with E-state index in [1.165, 1.54) is 11.0 Å². The predicted molar refractivity (Wildman–Crippen MR) is 139 cm³/mol. The Balaban J connectivity index is 2.00. The lowest BCUT2D eigenvalue weighted by molar-refractivity contribution is -0.142. The van der Waals surface area contributed by atoms with E-state index in [0.717, 1.165) is 18.4 Å². The van der Waals surface area contributed by atoms with Crippen molar-refractivity contribution in [2.45, 2.75) is 78.1 Å². The van der Waals surface area contributed by atoms with Crippen LogP contribution in [0.1, 0.15) is 64.6 Å². The van der Waals surface area contributed by atoms with Crippen molar-refractivity contribution in [3.05, 3.63) is 59.7 Å². The van der Waals surface area contributed by atoms with Gasteiger partial charge in [-0.25, -0.2) is 4.79 Å². The van der Waals surface area contributed by atoms with E-state index in [1.54, 1.807) is 45.0 Å². The van der Waals surface area contributed by atoms with Crippen LogP contribution in [0.5, 0.6) is 5.75 Å². The van der Waals surface area contributed by atoms with Crippen molar-refractivity contribution in [3.8, 4) is 5.75 Å². The summed E-state index contributed by atoms with van der Waals surface area (Å²) in [5.41, 5.74) is 1.09. The molecular weight excluding hydrogens is 458 g/mol. The number of anilines is 1. The summed E-state index contributed by atoms with van der Waals surface area (Å²) in [6, 6.07) is 11.7. The number of carbonyl (C=O) groups excluding carboxylic acids is 3. The van der Waals surface area contributed by atoms with Gasteiger partial charge in [-0.1, -0.05) is 50.2 Å². The molecule has 0 bridgehead atoms. The van der Waals surface area contributed by atoms with Gasteiger partial charge in [0, 0.05) is 17.3 Å². The Bertz CT molecular complexity index is 1100. The third-order valence-electron chi connectivity index (χ3n) is 5.96. The average molecular weight is 496 g/mol. The summed E-state index contributed by atoms with van der Waals surface area (Å²) in [6.45, 7) is 10.8. The summed E-state index contributed by atoms with van der Waals surface area (Å²) in [5.74, 6) is -1.19. The van der Waals surface area contributed by atoms with Crippen LogP contribution in [0.4, 0.5) is 10.5 Å². The first-order chi connectivity index (χ1) is 16.9. The number of phenolic OH excluding ortho intramolecular Hbond substituents is 1. The lowest BCUT2D eigenvalue weighted by atomic mass is 9.98. The number of hydrogen-bond donors (Lipinski definition) is 3. The van der Waals surface area contributed by atoms with Crippen molar-refractivity contribution in [3.63, 3.8) is 0 Å². The predicted octanol–water partition coefficient (Wildman–Crippen LogP) is 4.92. The second kappa shape index (κ2) is 11.0. The molecule has 0 aliphatic heterocycles. The molecular formula is C28H37N3O5. The van der Waals surface area contributed by atoms with Crippen LogP contribution in [0.15, 0.2) is 48.5 Å². The van der Waals surface area contributed by atoms with Crippen LogP contribution in [-0.2, 0) is 14.3 Å². The molecule has 0 radical (unpaired) electrons. The van der Waals surface area contributed by atoms with Crippen LogP contribution in [0, 0.1) is 12.8 Å². The van der Waals surface area contributed by atoms with Gasteiger partial charge < -0.3 is 25.4 Å². The van der Waals surface area contributed by atoms with Crippen LogP contribution in [0.25, 0.3) is 0 Å². The van der Waals surface area contributed by atoms with Gasteiger partial charge >= 0.3 is 6.09 Å². The molecule has 0 spiro atoms. The maximum atomic E-state index is 14.0. The van der Waals surface area contributed by atoms with Crippen molar-refractivity contribution < 1.29 is 24.2 Å². The summed E-state index contributed by atoms with van der Waals surface area (Å²) in [4.78, 5) is 41.9. The van der Waals surface area contributed by atoms with Crippen molar-refractivity contribution in [1.82, 2.24) is 10.2 Å². The summed E-state index contributed by atoms with van der Waals surface area (Å²) < 4.78 is 5.39. The highest BCUT2D eigenvalue weighted by Gasteiger charge is 2.45. The molecule has 0 saturated heterocycles. The Kier molecular flexibility index (Phi) is 8.28. The van der Waals surface area contributed by atoms with E-state index in [2.05, 4.69) is 10.6 Å². The van der Waals surface area contributed by atoms with E-state index < -0.39 is 35.6 Å². The Morgan fingerprint density at radius 2 is 1.64 bits per heavy atom. The average Bonchev–Trinajstić information content (AvgIpc) is 3.61. The van der Waals surface area contributed by atoms with E-state index in [9.17, 15) is 19.5 Å². The Morgan fingerprint density at radius 1 is 1.03 bits per heavy atom. The Morgan fingerprint density at radius 3 is 2.19 bits per heavy atom. The normalized spacial score (nSPS) is 15.1. The molecule has 36 heavy (non-hydrogen) atoms. The van der Waals surface area contributed by atoms with E-state index in [0.29, 0.717) is 11.3 Å². The topological polar surface area (TPSA) is 108 Å². The molecule has 3 amide bonds. The number of nitrogens with zero attached hydrogens (tertiary/aromatic N) is 1. The molecule has 0 heterocycles. The van der Waals surface area contributed by atoms with Gasteiger partial charge in [-0.05, 0) is 64.2 Å². The van der Waals surface area contributed by atoms with Gasteiger partial charge in [-0.15, -0.1) is 0 Å². The number of aromatic hydroxyl groups is 1. The summed E-state index contributed by atoms with van der Waals surface area (Å²) in [6.07, 6.45) is 0.754. The van der Waals surface area contributed by atoms with Crippen LogP contribution >= 0.6 is 0 Å². The summed E-state index contributed by atoms with van der Waals surface area (Å²) in [5, 5.41) is 16.3. The molecule has 3 N–H and O–H groups in total. The van der Waals surface area contributed by atoms with Gasteiger partial charge in [0.1, 0.15) is 23.4 Å². The zero-order valence-corrected chi connectivity index (χ0v) is 21.9. The Labute approximate surface area is 213 Å². The van der Waals surface area contributed by atoms with Gasteiger partial charge in [-0.2, -0.15) is 0 Å². The van der Waals surface area contributed by atoms with E-state index >= 15 is 0 Å². The van der Waals surface area contributed by atoms with E-state index in [1.807, 2.05) is 39.0 Å². The zero-order valence-electron chi connectivity index (χ0n) is 21.9. The number of nitrogens with one attached hydrogen (secondary N) is 2. The van der Waals surface area contributed by atoms with Crippen molar-refractivity contribution in [1.29, 1.82) is 0 Å². The van der Waals surface area contributed by atoms with Crippen molar-refractivity contribution >= 4 is 23.6 Å². The summed E-state index contributed by atoms with van der Waals surface area (Å²) in [7, 11) is 0. The monoisotopic (exact) mass is 495 g/mol. The molecule has 2 aromatic rings. The second-order valence-electron chi connectivity index (χ2n) is 10.6. The van der Waals surface area contributed by atoms with Crippen LogP contribution in [0.2, 0.25) is 0 Å². The van der Waals surface area contributed by atoms with Gasteiger partial charge in [0.2, 0.25) is 5.91 Å². The van der Waals surface area contributed by atoms with Gasteiger partial charge in [-0.3, -0.25) is 9.59 Å². The molecule has 2 unspecified atom stereocenters. The highest BCUT2D eigenvalue weighted by Crippen LogP contribution is 2.39. The number of benzene rings is 2. The number of ether oxygens (including phenoxy) is 1. The number of rotatable bonds is 8. The minimum Gasteiger partial charge on any atom is -0.508 e. The smallest absolute Gasteiger partial charge is 0.408 e. The fraction of sp³-hybridized carbons (Fsp3) is 0.464. The number of hydrogen-bond acceptors (Lipinski definition) is 5. The number of aryl methyl sites for hydroxylation is 1. The molecule has 1 aliphatic rings. The first-order valence-corrected chi connectivity index (χ1v) is 12.3. The first kappa shape index (κ1) is 27.0. The molecule has 1 aliphatic carbocycles. The quantitative estimate of drug-likeness (QED) is 0.482. The maximum absolute atomic E-state index is 14.0. The number of phenols is 1. The van der Waals surface area contributed by atoms with Crippen LogP contribution in [-0.4, -0.2) is 45.6 Å². The Hall–Kier alpha value is -3.55. The number of amides is 3. The van der Waals surface area contributed by atoms with Gasteiger partial charge in [0.05, 0.1) is 0 Å². The molecule has 8 heteroatoms. The molecule has 0 aromatic heterocycles. The highest BCUT2D eigenvalue weighted by atomic mass is 16.6. The van der Waals surface area contributed by atoms with Gasteiger partial charge in [0.25, 0.3) is 5.91 Å². The van der Waals surface area contributed by atoms with Crippen LogP contribution in [0.3, 0.4) is 0 Å². The first-order valence-electron chi connectivity index (χ1n) is 12.3. The van der Waals surface area contributed by atoms with Crippen molar-refractivity contribution in [2.75, 3.05) is 5.32 Å². The SMILES string of the molecule is Cc1ccccc1NC(=O)C(c1ccccc1O)N(C(=O)C(NC(=O)OC(C)(C)C)C(C)C)C1CC1. The number of alkyl carbamates (subject to hydrolysis) is 1. The molecule has 194 valence electrons. The minimum absolute atomic E-state index is 0.0814. The summed E-state index contributed by atoms with van der Waals surface area (Å²) >= 11 is 0. The fourth-order valence-electron chi connectivity index (χ4n) is 4.03. The molecule has 2 aromatic carbocycles. The lowest BCUT2D eigenvalue weighted by Gasteiger charge is -2.36. The molecule has 2 atom stereocenters. The second-order valence-corrected chi connectivity index (χ2v) is 10.6. The van der Waals surface area contributed by atoms with Crippen molar-refractivity contribution in [2.24, 2.45) is 5.92 Å². The highest BCUT2D eigenvalue weighted by molar-refractivity contribution is 6.00. The molecule has 3 rings (SSSR count). The third kappa shape index (κ3) is 6.77. The standard InChI is InChI=1S/C28H37N3O5/c1-17(2)23(30-27(35)36-28(4,5)6)26(34)31(19-15-16-19)24(20-12-8-10-14-22(20)32)25(33)29-21-13-9-7-11-18(21)3/h7-14,17,19,23-24,32H,15-16H2,1-6H3,(H,29,33)(H,30,35). The van der Waals surface area contributed by atoms with Gasteiger partial charge in [0.15, 0.2) is 0 Å². The van der Waals surface area contributed by atoms with Crippen LogP contribution < -0.4 is 10.6 Å². The minimum atomic E-state index is -1.09. The fourth-order valence-corrected chi connectivity index (χ4v) is 4.03. The lowest BCUT2D eigenvalue weighted by Crippen LogP contribution is -2.55. The maximum Gasteiger partial charge on any atom is 0.408 e. The van der Waals surface area contributed by atoms with E-state index in [-0.39, 0.29) is 17.7 Å². The molecule has 1 saturated carbocycles. The zero-order chi connectivity index (χ0) is 26.6. The molecule has 8 nitrogen and oxygen atoms in total. The largest absolute Gasteiger partial charge is 0.508 e. The van der Waals surface area contributed by atoms with E-state index in [4.69, 9.17) is 4.74 Å². The number of para-hydroxylation sites is 2. The number of carbonyl (C=O) groups is 3. The third-order valence-corrected chi connectivity index (χ3v) is 5.96. The molecule has 1 fully saturated rings.